The van der Waals surface area contributed by atoms with Crippen LogP contribution in [0.15, 0.2) is 91.1 Å². The molecule has 0 bridgehead atoms. The number of para-hydroxylation sites is 1. The second kappa shape index (κ2) is 8.99. The number of pyridine rings is 1. The summed E-state index contributed by atoms with van der Waals surface area (Å²) < 4.78 is 30.4. The second-order valence-electron chi connectivity index (χ2n) is 6.39. The molecule has 3 aromatic carbocycles. The van der Waals surface area contributed by atoms with Crippen LogP contribution < -0.4 is 14.2 Å². The third kappa shape index (κ3) is 4.46. The Labute approximate surface area is 179 Å². The molecule has 0 aliphatic heterocycles. The number of hydrogen-bond donors (Lipinski definition) is 1. The first-order valence-electron chi connectivity index (χ1n) is 9.15. The molecule has 30 heavy (non-hydrogen) atoms. The summed E-state index contributed by atoms with van der Waals surface area (Å²) >= 11 is -0.382. The molecular formula is C24H16F2N2OSe. The van der Waals surface area contributed by atoms with Crippen LogP contribution in [0.1, 0.15) is 10.5 Å². The Morgan fingerprint density at radius 1 is 0.833 bits per heavy atom. The minimum atomic E-state index is -0.666. The molecule has 0 unspecified atom stereocenters. The Hall–Kier alpha value is -3.34. The Morgan fingerprint density at radius 2 is 1.57 bits per heavy atom. The number of benzene rings is 3. The van der Waals surface area contributed by atoms with E-state index in [2.05, 4.69) is 10.3 Å². The first-order valence-corrected chi connectivity index (χ1v) is 10.9. The van der Waals surface area contributed by atoms with Gasteiger partial charge in [-0.3, -0.25) is 0 Å². The first-order chi connectivity index (χ1) is 14.6. The van der Waals surface area contributed by atoms with Gasteiger partial charge in [-0.1, -0.05) is 0 Å². The van der Waals surface area contributed by atoms with Crippen molar-refractivity contribution in [2.24, 2.45) is 0 Å². The van der Waals surface area contributed by atoms with Gasteiger partial charge in [0, 0.05) is 0 Å². The van der Waals surface area contributed by atoms with E-state index in [4.69, 9.17) is 0 Å². The van der Waals surface area contributed by atoms with Crippen molar-refractivity contribution in [1.82, 2.24) is 4.98 Å². The van der Waals surface area contributed by atoms with Gasteiger partial charge in [0.2, 0.25) is 0 Å². The van der Waals surface area contributed by atoms with Gasteiger partial charge in [0.25, 0.3) is 0 Å². The standard InChI is InChI=1S/C24H16F2N2OSe/c25-16-14-19(23(20(26)15-16)30-17-8-2-1-3-9-17)18-10-4-5-11-21(18)28-24(29)22-12-6-7-13-27-22/h1-15H,(H,28,29). The molecule has 4 rings (SSSR count). The van der Waals surface area contributed by atoms with E-state index in [9.17, 15) is 13.6 Å². The van der Waals surface area contributed by atoms with E-state index in [-0.39, 0.29) is 20.7 Å². The van der Waals surface area contributed by atoms with Gasteiger partial charge in [0.1, 0.15) is 0 Å². The molecule has 0 radical (unpaired) electrons. The normalized spacial score (nSPS) is 10.6. The van der Waals surface area contributed by atoms with E-state index in [1.807, 2.05) is 30.3 Å². The quantitative estimate of drug-likeness (QED) is 0.454. The molecule has 1 N–H and O–H groups in total. The summed E-state index contributed by atoms with van der Waals surface area (Å²) in [6, 6.07) is 23.7. The number of carbonyl (C=O) groups excluding carboxylic acids is 1. The topological polar surface area (TPSA) is 42.0 Å². The van der Waals surface area contributed by atoms with Gasteiger partial charge in [-0.25, -0.2) is 0 Å². The van der Waals surface area contributed by atoms with Crippen LogP contribution in [0, 0.1) is 11.6 Å². The van der Waals surface area contributed by atoms with Gasteiger partial charge < -0.3 is 0 Å². The summed E-state index contributed by atoms with van der Waals surface area (Å²) in [7, 11) is 0. The Morgan fingerprint density at radius 3 is 2.33 bits per heavy atom. The molecule has 0 atom stereocenters. The zero-order valence-electron chi connectivity index (χ0n) is 15.7. The van der Waals surface area contributed by atoms with Crippen LogP contribution in [-0.2, 0) is 0 Å². The number of nitrogens with zero attached hydrogens (tertiary/aromatic N) is 1. The maximum absolute atomic E-state index is 14.8. The van der Waals surface area contributed by atoms with E-state index < -0.39 is 17.5 Å². The summed E-state index contributed by atoms with van der Waals surface area (Å²) in [6.07, 6.45) is 1.53. The van der Waals surface area contributed by atoms with Gasteiger partial charge in [0.05, 0.1) is 0 Å². The van der Waals surface area contributed by atoms with E-state index in [1.165, 1.54) is 12.3 Å². The van der Waals surface area contributed by atoms with Crippen LogP contribution in [0.5, 0.6) is 0 Å². The van der Waals surface area contributed by atoms with Gasteiger partial charge >= 0.3 is 179 Å². The molecule has 1 heterocycles. The zero-order chi connectivity index (χ0) is 20.9. The van der Waals surface area contributed by atoms with Crippen LogP contribution in [0.2, 0.25) is 0 Å². The van der Waals surface area contributed by atoms with Crippen molar-refractivity contribution in [1.29, 1.82) is 0 Å². The number of rotatable bonds is 5. The summed E-state index contributed by atoms with van der Waals surface area (Å²) in [5.41, 5.74) is 1.69. The van der Waals surface area contributed by atoms with E-state index in [1.54, 1.807) is 42.5 Å². The second-order valence-corrected chi connectivity index (χ2v) is 8.67. The van der Waals surface area contributed by atoms with Crippen molar-refractivity contribution in [2.75, 3.05) is 5.32 Å². The number of hydrogen-bond acceptors (Lipinski definition) is 2. The summed E-state index contributed by atoms with van der Waals surface area (Å²) in [5.74, 6) is -1.66. The van der Waals surface area contributed by atoms with E-state index >= 15 is 0 Å². The molecule has 0 saturated carbocycles. The van der Waals surface area contributed by atoms with E-state index in [0.717, 1.165) is 10.5 Å². The Kier molecular flexibility index (Phi) is 5.98. The molecule has 0 spiro atoms. The maximum atomic E-state index is 14.8. The Bertz CT molecular complexity index is 1180. The first kappa shape index (κ1) is 20.0. The molecule has 0 saturated heterocycles. The number of carbonyl (C=O) groups is 1. The average Bonchev–Trinajstić information content (AvgIpc) is 2.77. The van der Waals surface area contributed by atoms with Crippen LogP contribution in [-0.4, -0.2) is 25.8 Å². The SMILES string of the molecule is O=C(Nc1ccccc1-c1cc(F)cc(F)c1[Se]c1ccccc1)c1ccccn1. The fourth-order valence-corrected chi connectivity index (χ4v) is 5.00. The van der Waals surface area contributed by atoms with Crippen molar-refractivity contribution in [3.8, 4) is 11.1 Å². The van der Waals surface area contributed by atoms with Gasteiger partial charge in [-0.15, -0.1) is 0 Å². The molecule has 0 aliphatic carbocycles. The molecule has 148 valence electrons. The monoisotopic (exact) mass is 466 g/mol. The molecule has 6 heteroatoms. The van der Waals surface area contributed by atoms with Crippen molar-refractivity contribution in [3.63, 3.8) is 0 Å². The third-order valence-electron chi connectivity index (χ3n) is 4.33. The minimum absolute atomic E-state index is 0.256. The van der Waals surface area contributed by atoms with Crippen LogP contribution in [0.25, 0.3) is 11.1 Å². The molecule has 1 amide bonds. The van der Waals surface area contributed by atoms with Gasteiger partial charge in [0.15, 0.2) is 0 Å². The number of halogens is 2. The summed E-state index contributed by atoms with van der Waals surface area (Å²) in [4.78, 5) is 16.6. The number of nitrogens with one attached hydrogen (secondary N) is 1. The van der Waals surface area contributed by atoms with Crippen LogP contribution in [0.3, 0.4) is 0 Å². The summed E-state index contributed by atoms with van der Waals surface area (Å²) in [5, 5.41) is 2.82. The average molecular weight is 465 g/mol. The molecule has 0 aliphatic rings. The molecule has 4 aromatic rings. The third-order valence-corrected chi connectivity index (χ3v) is 6.70. The predicted molar refractivity (Wildman–Crippen MR) is 115 cm³/mol. The van der Waals surface area contributed by atoms with Gasteiger partial charge in [-0.05, 0) is 0 Å². The van der Waals surface area contributed by atoms with Crippen molar-refractivity contribution in [2.45, 2.75) is 0 Å². The number of anilines is 1. The molecule has 1 aromatic heterocycles. The molecule has 3 nitrogen and oxygen atoms in total. The molecule has 0 fully saturated rings. The van der Waals surface area contributed by atoms with Crippen molar-refractivity contribution >= 4 is 35.5 Å². The van der Waals surface area contributed by atoms with Crippen molar-refractivity contribution < 1.29 is 13.6 Å². The zero-order valence-corrected chi connectivity index (χ0v) is 17.4. The summed E-state index contributed by atoms with van der Waals surface area (Å²) in [6.45, 7) is 0. The van der Waals surface area contributed by atoms with Gasteiger partial charge in [-0.2, -0.15) is 0 Å². The fraction of sp³-hybridized carbons (Fsp3) is 0. The Balaban J connectivity index is 1.77. The predicted octanol–water partition coefficient (Wildman–Crippen LogP) is 3.93. The number of amides is 1. The molecular weight excluding hydrogens is 449 g/mol. The van der Waals surface area contributed by atoms with Crippen molar-refractivity contribution in [3.05, 3.63) is 108 Å². The number of aromatic nitrogens is 1. The fourth-order valence-electron chi connectivity index (χ4n) is 2.98. The van der Waals surface area contributed by atoms with E-state index in [0.29, 0.717) is 21.3 Å². The van der Waals surface area contributed by atoms with Crippen LogP contribution in [0.4, 0.5) is 14.5 Å². The van der Waals surface area contributed by atoms with Crippen LogP contribution >= 0.6 is 0 Å².